The average Bonchev–Trinajstić information content (AvgIpc) is 3.10. The minimum atomic E-state index is -0.399. The predicted octanol–water partition coefficient (Wildman–Crippen LogP) is 4.13. The van der Waals surface area contributed by atoms with Crippen molar-refractivity contribution in [2.24, 2.45) is 0 Å². The number of halogens is 1. The molecule has 4 rings (SSSR count). The molecule has 1 amide bonds. The Morgan fingerprint density at radius 3 is 2.93 bits per heavy atom. The van der Waals surface area contributed by atoms with Gasteiger partial charge >= 0.3 is 0 Å². The van der Waals surface area contributed by atoms with Crippen LogP contribution in [-0.2, 0) is 6.54 Å². The molecule has 0 unspecified atom stereocenters. The van der Waals surface area contributed by atoms with Crippen molar-refractivity contribution in [3.8, 4) is 11.6 Å². The molecule has 0 aliphatic heterocycles. The highest BCUT2D eigenvalue weighted by Gasteiger charge is 2.15. The van der Waals surface area contributed by atoms with Crippen molar-refractivity contribution in [1.82, 2.24) is 20.5 Å². The van der Waals surface area contributed by atoms with Gasteiger partial charge in [-0.15, -0.1) is 0 Å². The zero-order valence-corrected chi connectivity index (χ0v) is 15.1. The number of nitrogens with zero attached hydrogens (tertiary/aromatic N) is 2. The summed E-state index contributed by atoms with van der Waals surface area (Å²) in [7, 11) is 0. The quantitative estimate of drug-likeness (QED) is 0.549. The molecule has 28 heavy (non-hydrogen) atoms. The van der Waals surface area contributed by atoms with Gasteiger partial charge in [0.05, 0.1) is 5.52 Å². The van der Waals surface area contributed by atoms with Gasteiger partial charge in [-0.2, -0.15) is 5.10 Å². The zero-order chi connectivity index (χ0) is 19.5. The molecular formula is C21H17FN4O2. The summed E-state index contributed by atoms with van der Waals surface area (Å²) < 4.78 is 19.0. The van der Waals surface area contributed by atoms with Crippen LogP contribution in [0.4, 0.5) is 4.39 Å². The van der Waals surface area contributed by atoms with E-state index in [2.05, 4.69) is 20.5 Å². The van der Waals surface area contributed by atoms with Crippen molar-refractivity contribution >= 4 is 16.8 Å². The third kappa shape index (κ3) is 3.68. The second kappa shape index (κ2) is 7.48. The molecule has 0 saturated heterocycles. The van der Waals surface area contributed by atoms with Gasteiger partial charge in [-0.3, -0.25) is 9.89 Å². The lowest BCUT2D eigenvalue weighted by Crippen LogP contribution is -2.23. The number of ether oxygens (including phenoxy) is 1. The van der Waals surface area contributed by atoms with Crippen LogP contribution in [0.1, 0.15) is 21.6 Å². The van der Waals surface area contributed by atoms with Crippen LogP contribution >= 0.6 is 0 Å². The maximum atomic E-state index is 13.4. The number of carbonyl (C=O) groups is 1. The first-order chi connectivity index (χ1) is 13.6. The maximum Gasteiger partial charge on any atom is 0.272 e. The number of pyridine rings is 1. The van der Waals surface area contributed by atoms with Crippen LogP contribution in [-0.4, -0.2) is 21.1 Å². The highest BCUT2D eigenvalue weighted by molar-refractivity contribution is 6.04. The Kier molecular flexibility index (Phi) is 4.72. The summed E-state index contributed by atoms with van der Waals surface area (Å²) in [6.07, 6.45) is 1.57. The molecule has 0 saturated carbocycles. The van der Waals surface area contributed by atoms with Crippen molar-refractivity contribution < 1.29 is 13.9 Å². The van der Waals surface area contributed by atoms with E-state index in [0.29, 0.717) is 22.9 Å². The minimum Gasteiger partial charge on any atom is -0.439 e. The van der Waals surface area contributed by atoms with Gasteiger partial charge in [0.25, 0.3) is 5.91 Å². The number of hydrogen-bond donors (Lipinski definition) is 2. The Bertz CT molecular complexity index is 1160. The van der Waals surface area contributed by atoms with E-state index in [1.807, 2.05) is 25.1 Å². The monoisotopic (exact) mass is 376 g/mol. The van der Waals surface area contributed by atoms with E-state index >= 15 is 0 Å². The third-order valence-corrected chi connectivity index (χ3v) is 4.23. The SMILES string of the molecule is Cc1ccc2[nH]nc(C(=O)NCc3cccnc3Oc3cccc(F)c3)c2c1. The van der Waals surface area contributed by atoms with E-state index in [1.165, 1.54) is 12.1 Å². The van der Waals surface area contributed by atoms with E-state index < -0.39 is 5.82 Å². The second-order valence-corrected chi connectivity index (χ2v) is 6.33. The van der Waals surface area contributed by atoms with Crippen LogP contribution in [0.2, 0.25) is 0 Å². The van der Waals surface area contributed by atoms with Gasteiger partial charge in [-0.1, -0.05) is 23.8 Å². The molecule has 6 nitrogen and oxygen atoms in total. The lowest BCUT2D eigenvalue weighted by atomic mass is 10.1. The Hall–Kier alpha value is -3.74. The second-order valence-electron chi connectivity index (χ2n) is 6.33. The standard InChI is InChI=1S/C21H17FN4O2/c1-13-7-8-18-17(10-13)19(26-25-18)20(27)24-12-14-4-3-9-23-21(14)28-16-6-2-5-15(22)11-16/h2-11H,12H2,1H3,(H,24,27)(H,25,26). The molecule has 2 aromatic heterocycles. The summed E-state index contributed by atoms with van der Waals surface area (Å²) in [5, 5.41) is 10.6. The lowest BCUT2D eigenvalue weighted by molar-refractivity contribution is 0.0947. The fourth-order valence-corrected chi connectivity index (χ4v) is 2.85. The van der Waals surface area contributed by atoms with E-state index in [1.54, 1.807) is 30.5 Å². The minimum absolute atomic E-state index is 0.192. The number of hydrogen-bond acceptors (Lipinski definition) is 4. The molecule has 0 spiro atoms. The van der Waals surface area contributed by atoms with Crippen LogP contribution in [0, 0.1) is 12.7 Å². The summed E-state index contributed by atoms with van der Waals surface area (Å²) in [4.78, 5) is 16.8. The van der Waals surface area contributed by atoms with Crippen molar-refractivity contribution in [1.29, 1.82) is 0 Å². The number of rotatable bonds is 5. The van der Waals surface area contributed by atoms with Crippen LogP contribution in [0.25, 0.3) is 10.9 Å². The number of aromatic nitrogens is 3. The van der Waals surface area contributed by atoms with Gasteiger partial charge < -0.3 is 10.1 Å². The molecule has 0 fully saturated rings. The Balaban J connectivity index is 1.52. The summed E-state index contributed by atoms with van der Waals surface area (Å²) in [5.41, 5.74) is 2.83. The lowest BCUT2D eigenvalue weighted by Gasteiger charge is -2.10. The van der Waals surface area contributed by atoms with Crippen molar-refractivity contribution in [3.05, 3.63) is 83.4 Å². The first-order valence-corrected chi connectivity index (χ1v) is 8.70. The highest BCUT2D eigenvalue weighted by atomic mass is 19.1. The number of aromatic amines is 1. The molecule has 7 heteroatoms. The number of H-pyrrole nitrogens is 1. The van der Waals surface area contributed by atoms with Crippen molar-refractivity contribution in [2.75, 3.05) is 0 Å². The van der Waals surface area contributed by atoms with Crippen LogP contribution in [0.5, 0.6) is 11.6 Å². The zero-order valence-electron chi connectivity index (χ0n) is 15.1. The smallest absolute Gasteiger partial charge is 0.272 e. The molecule has 0 aliphatic carbocycles. The predicted molar refractivity (Wildman–Crippen MR) is 103 cm³/mol. The van der Waals surface area contributed by atoms with Crippen molar-refractivity contribution in [2.45, 2.75) is 13.5 Å². The maximum absolute atomic E-state index is 13.4. The van der Waals surface area contributed by atoms with Crippen LogP contribution in [0.3, 0.4) is 0 Å². The fourth-order valence-electron chi connectivity index (χ4n) is 2.85. The molecule has 2 heterocycles. The third-order valence-electron chi connectivity index (χ3n) is 4.23. The number of aryl methyl sites for hydroxylation is 1. The van der Waals surface area contributed by atoms with Gasteiger partial charge in [0.1, 0.15) is 11.6 Å². The Labute approximate surface area is 160 Å². The van der Waals surface area contributed by atoms with Gasteiger partial charge in [-0.25, -0.2) is 9.37 Å². The van der Waals surface area contributed by atoms with Gasteiger partial charge in [-0.05, 0) is 37.3 Å². The summed E-state index contributed by atoms with van der Waals surface area (Å²) in [5.74, 6) is -0.0717. The number of carbonyl (C=O) groups excluding carboxylic acids is 1. The van der Waals surface area contributed by atoms with Gasteiger partial charge in [0.2, 0.25) is 5.88 Å². The molecular weight excluding hydrogens is 359 g/mol. The average molecular weight is 376 g/mol. The molecule has 0 aliphatic rings. The molecule has 2 N–H and O–H groups in total. The Morgan fingerprint density at radius 2 is 2.07 bits per heavy atom. The number of fused-ring (bicyclic) bond motifs is 1. The van der Waals surface area contributed by atoms with Crippen LogP contribution < -0.4 is 10.1 Å². The molecule has 140 valence electrons. The first kappa shape index (κ1) is 17.7. The molecule has 0 atom stereocenters. The topological polar surface area (TPSA) is 79.9 Å². The van der Waals surface area contributed by atoms with Gasteiger partial charge in [0, 0.05) is 29.8 Å². The van der Waals surface area contributed by atoms with Crippen LogP contribution in [0.15, 0.2) is 60.8 Å². The van der Waals surface area contributed by atoms with E-state index in [-0.39, 0.29) is 12.5 Å². The van der Waals surface area contributed by atoms with E-state index in [9.17, 15) is 9.18 Å². The van der Waals surface area contributed by atoms with Gasteiger partial charge in [0.15, 0.2) is 5.69 Å². The first-order valence-electron chi connectivity index (χ1n) is 8.70. The fraction of sp³-hybridized carbons (Fsp3) is 0.0952. The number of amides is 1. The Morgan fingerprint density at radius 1 is 1.18 bits per heavy atom. The summed E-state index contributed by atoms with van der Waals surface area (Å²) in [6.45, 7) is 2.15. The molecule has 0 bridgehead atoms. The summed E-state index contributed by atoms with van der Waals surface area (Å²) in [6, 6.07) is 15.1. The molecule has 0 radical (unpaired) electrons. The normalized spacial score (nSPS) is 10.8. The summed E-state index contributed by atoms with van der Waals surface area (Å²) >= 11 is 0. The molecule has 2 aromatic carbocycles. The largest absolute Gasteiger partial charge is 0.439 e. The van der Waals surface area contributed by atoms with E-state index in [0.717, 1.165) is 16.5 Å². The number of benzene rings is 2. The van der Waals surface area contributed by atoms with Crippen molar-refractivity contribution in [3.63, 3.8) is 0 Å². The van der Waals surface area contributed by atoms with E-state index in [4.69, 9.17) is 4.74 Å². The highest BCUT2D eigenvalue weighted by Crippen LogP contribution is 2.24. The molecule has 4 aromatic rings. The number of nitrogens with one attached hydrogen (secondary N) is 2.